The van der Waals surface area contributed by atoms with E-state index in [4.69, 9.17) is 0 Å². The van der Waals surface area contributed by atoms with E-state index in [1.165, 1.54) is 12.1 Å². The smallest absolute Gasteiger partial charge is 0.251 e. The molecule has 120 valence electrons. The van der Waals surface area contributed by atoms with E-state index >= 15 is 0 Å². The van der Waals surface area contributed by atoms with Crippen LogP contribution >= 0.6 is 0 Å². The van der Waals surface area contributed by atoms with Crippen molar-refractivity contribution in [3.8, 4) is 0 Å². The third-order valence-electron chi connectivity index (χ3n) is 4.65. The van der Waals surface area contributed by atoms with E-state index in [2.05, 4.69) is 10.6 Å². The van der Waals surface area contributed by atoms with Gasteiger partial charge in [-0.3, -0.25) is 4.79 Å². The Kier molecular flexibility index (Phi) is 4.20. The lowest BCUT2D eigenvalue weighted by Gasteiger charge is -2.33. The maximum atomic E-state index is 12.7. The number of amides is 1. The van der Waals surface area contributed by atoms with E-state index in [-0.39, 0.29) is 10.8 Å². The molecule has 2 unspecified atom stereocenters. The summed E-state index contributed by atoms with van der Waals surface area (Å²) in [5.41, 5.74) is 0.458. The van der Waals surface area contributed by atoms with Gasteiger partial charge < -0.3 is 10.6 Å². The van der Waals surface area contributed by atoms with Crippen molar-refractivity contribution in [3.05, 3.63) is 29.8 Å². The van der Waals surface area contributed by atoms with Crippen LogP contribution < -0.4 is 10.6 Å². The van der Waals surface area contributed by atoms with Crippen molar-refractivity contribution in [1.29, 1.82) is 0 Å². The number of nitrogens with one attached hydrogen (secondary N) is 2. The topological polar surface area (TPSA) is 78.5 Å². The highest BCUT2D eigenvalue weighted by Gasteiger charge is 2.37. The number of hydrogen-bond donors (Lipinski definition) is 2. The average Bonchev–Trinajstić information content (AvgIpc) is 3.01. The van der Waals surface area contributed by atoms with Crippen LogP contribution in [-0.4, -0.2) is 51.9 Å². The Balaban J connectivity index is 1.79. The molecule has 3 rings (SSSR count). The van der Waals surface area contributed by atoms with E-state index in [9.17, 15) is 13.2 Å². The molecule has 2 atom stereocenters. The van der Waals surface area contributed by atoms with Gasteiger partial charge in [0.2, 0.25) is 10.0 Å². The Hall–Kier alpha value is -1.44. The zero-order valence-corrected chi connectivity index (χ0v) is 13.4. The fourth-order valence-electron chi connectivity index (χ4n) is 3.29. The maximum Gasteiger partial charge on any atom is 0.251 e. The van der Waals surface area contributed by atoms with Gasteiger partial charge in [0.25, 0.3) is 5.91 Å². The first-order chi connectivity index (χ1) is 10.5. The molecule has 1 aromatic carbocycles. The largest absolute Gasteiger partial charge is 0.355 e. The molecule has 0 bridgehead atoms. The quantitative estimate of drug-likeness (QED) is 0.837. The van der Waals surface area contributed by atoms with Crippen LogP contribution in [0.3, 0.4) is 0 Å². The summed E-state index contributed by atoms with van der Waals surface area (Å²) in [5.74, 6) is 0.789. The molecule has 2 aliphatic rings. The molecule has 0 aliphatic carbocycles. The van der Waals surface area contributed by atoms with Crippen LogP contribution in [0.2, 0.25) is 0 Å². The Morgan fingerprint density at radius 3 is 2.59 bits per heavy atom. The third kappa shape index (κ3) is 2.76. The Morgan fingerprint density at radius 2 is 1.91 bits per heavy atom. The van der Waals surface area contributed by atoms with Crippen LogP contribution in [0.25, 0.3) is 0 Å². The highest BCUT2D eigenvalue weighted by Crippen LogP contribution is 2.30. The number of piperidine rings is 1. The zero-order chi connectivity index (χ0) is 15.7. The highest BCUT2D eigenvalue weighted by atomic mass is 32.2. The molecule has 22 heavy (non-hydrogen) atoms. The van der Waals surface area contributed by atoms with Crippen LogP contribution in [0, 0.1) is 11.8 Å². The Morgan fingerprint density at radius 1 is 1.23 bits per heavy atom. The van der Waals surface area contributed by atoms with Gasteiger partial charge in [-0.2, -0.15) is 4.31 Å². The zero-order valence-electron chi connectivity index (χ0n) is 12.6. The molecular weight excluding hydrogens is 302 g/mol. The minimum atomic E-state index is -3.48. The molecule has 7 heteroatoms. The first kappa shape index (κ1) is 15.5. The van der Waals surface area contributed by atoms with Crippen molar-refractivity contribution < 1.29 is 13.2 Å². The maximum absolute atomic E-state index is 12.7. The number of rotatable bonds is 3. The molecule has 2 fully saturated rings. The molecule has 2 heterocycles. The first-order valence-electron chi connectivity index (χ1n) is 7.55. The summed E-state index contributed by atoms with van der Waals surface area (Å²) < 4.78 is 27.0. The van der Waals surface area contributed by atoms with Crippen LogP contribution in [0.4, 0.5) is 0 Å². The lowest BCUT2D eigenvalue weighted by atomic mass is 9.90. The highest BCUT2D eigenvalue weighted by molar-refractivity contribution is 7.89. The summed E-state index contributed by atoms with van der Waals surface area (Å²) >= 11 is 0. The molecule has 2 N–H and O–H groups in total. The molecule has 0 spiro atoms. The van der Waals surface area contributed by atoms with Gasteiger partial charge >= 0.3 is 0 Å². The number of hydrogen-bond acceptors (Lipinski definition) is 4. The predicted octanol–water partition coefficient (Wildman–Crippen LogP) is 0.276. The van der Waals surface area contributed by atoms with Crippen LogP contribution in [-0.2, 0) is 10.0 Å². The van der Waals surface area contributed by atoms with E-state index in [0.29, 0.717) is 30.5 Å². The lowest BCUT2D eigenvalue weighted by molar-refractivity contribution is 0.0963. The van der Waals surface area contributed by atoms with Gasteiger partial charge in [0.05, 0.1) is 4.90 Å². The standard InChI is InChI=1S/C15H21N3O3S/c1-16-15(19)11-2-4-14(5-3-11)22(20,21)18-7-6-12-8-17-9-13(12)10-18/h2-5,12-13,17H,6-10H2,1H3,(H,16,19). The minimum Gasteiger partial charge on any atom is -0.355 e. The second-order valence-electron chi connectivity index (χ2n) is 5.93. The van der Waals surface area contributed by atoms with Crippen LogP contribution in [0.15, 0.2) is 29.2 Å². The monoisotopic (exact) mass is 323 g/mol. The fraction of sp³-hybridized carbons (Fsp3) is 0.533. The van der Waals surface area contributed by atoms with Crippen molar-refractivity contribution in [2.75, 3.05) is 33.2 Å². The molecule has 0 radical (unpaired) electrons. The van der Waals surface area contributed by atoms with E-state index < -0.39 is 10.0 Å². The summed E-state index contributed by atoms with van der Waals surface area (Å²) in [7, 11) is -1.93. The summed E-state index contributed by atoms with van der Waals surface area (Å²) in [6, 6.07) is 6.13. The second kappa shape index (κ2) is 5.98. The number of carbonyl (C=O) groups is 1. The van der Waals surface area contributed by atoms with Gasteiger partial charge in [-0.15, -0.1) is 0 Å². The molecule has 1 aromatic rings. The number of sulfonamides is 1. The lowest BCUT2D eigenvalue weighted by Crippen LogP contribution is -2.43. The van der Waals surface area contributed by atoms with Crippen molar-refractivity contribution >= 4 is 15.9 Å². The molecule has 6 nitrogen and oxygen atoms in total. The second-order valence-corrected chi connectivity index (χ2v) is 7.87. The minimum absolute atomic E-state index is 0.221. The van der Waals surface area contributed by atoms with Gasteiger partial charge in [-0.25, -0.2) is 8.42 Å². The van der Waals surface area contributed by atoms with Gasteiger partial charge in [-0.05, 0) is 55.6 Å². The SMILES string of the molecule is CNC(=O)c1ccc(S(=O)(=O)N2CCC3CNCC3C2)cc1. The molecule has 0 saturated carbocycles. The van der Waals surface area contributed by atoms with Crippen molar-refractivity contribution in [2.24, 2.45) is 11.8 Å². The van der Waals surface area contributed by atoms with Crippen molar-refractivity contribution in [2.45, 2.75) is 11.3 Å². The summed E-state index contributed by atoms with van der Waals surface area (Å²) in [4.78, 5) is 11.8. The summed E-state index contributed by atoms with van der Waals surface area (Å²) in [6.45, 7) is 3.05. The van der Waals surface area contributed by atoms with Crippen molar-refractivity contribution in [1.82, 2.24) is 14.9 Å². The molecular formula is C15H21N3O3S. The van der Waals surface area contributed by atoms with Crippen LogP contribution in [0.1, 0.15) is 16.8 Å². The summed E-state index contributed by atoms with van der Waals surface area (Å²) in [6.07, 6.45) is 0.910. The summed E-state index contributed by atoms with van der Waals surface area (Å²) in [5, 5.41) is 5.86. The van der Waals surface area contributed by atoms with Gasteiger partial charge in [-0.1, -0.05) is 0 Å². The molecule has 1 amide bonds. The van der Waals surface area contributed by atoms with Crippen molar-refractivity contribution in [3.63, 3.8) is 0 Å². The number of benzene rings is 1. The normalized spacial score (nSPS) is 25.7. The molecule has 2 aliphatic heterocycles. The van der Waals surface area contributed by atoms with Gasteiger partial charge in [0, 0.05) is 25.7 Å². The number of fused-ring (bicyclic) bond motifs is 1. The van der Waals surface area contributed by atoms with Crippen LogP contribution in [0.5, 0.6) is 0 Å². The molecule has 2 saturated heterocycles. The van der Waals surface area contributed by atoms with E-state index in [1.54, 1.807) is 23.5 Å². The fourth-order valence-corrected chi connectivity index (χ4v) is 4.80. The first-order valence-corrected chi connectivity index (χ1v) is 8.99. The average molecular weight is 323 g/mol. The predicted molar refractivity (Wildman–Crippen MR) is 83.1 cm³/mol. The van der Waals surface area contributed by atoms with Gasteiger partial charge in [0.15, 0.2) is 0 Å². The van der Waals surface area contributed by atoms with Gasteiger partial charge in [0.1, 0.15) is 0 Å². The Bertz CT molecular complexity index is 657. The van der Waals surface area contributed by atoms with E-state index in [0.717, 1.165) is 19.5 Å². The van der Waals surface area contributed by atoms with E-state index in [1.807, 2.05) is 0 Å². The third-order valence-corrected chi connectivity index (χ3v) is 6.53. The molecule has 0 aromatic heterocycles. The Labute approximate surface area is 130 Å². The number of nitrogens with zero attached hydrogens (tertiary/aromatic N) is 1. The number of carbonyl (C=O) groups excluding carboxylic acids is 1.